The van der Waals surface area contributed by atoms with Gasteiger partial charge < -0.3 is 10.2 Å². The number of carbonyl (C=O) groups is 1. The van der Waals surface area contributed by atoms with Gasteiger partial charge in [-0.3, -0.25) is 4.79 Å². The van der Waals surface area contributed by atoms with E-state index < -0.39 is 0 Å². The van der Waals surface area contributed by atoms with Crippen LogP contribution in [-0.2, 0) is 5.54 Å². The minimum Gasteiger partial charge on any atom is -0.363 e. The standard InChI is InChI=1S/C25H32N4O/c1-5-13-25(14-6-2)15-10-16-28(25)23(30)20-18-26-29-22(20)27-21(17-24(29,3)4)19-11-8-7-9-12-19/h5-9,11-12,18,21,27H,1-2,10,13-17H2,3-4H3. The summed E-state index contributed by atoms with van der Waals surface area (Å²) in [5.74, 6) is 0.873. The Morgan fingerprint density at radius 2 is 1.93 bits per heavy atom. The Labute approximate surface area is 179 Å². The molecule has 1 aromatic carbocycles. The van der Waals surface area contributed by atoms with E-state index in [-0.39, 0.29) is 23.0 Å². The lowest BCUT2D eigenvalue weighted by Crippen LogP contribution is -2.47. The zero-order chi connectivity index (χ0) is 21.4. The van der Waals surface area contributed by atoms with Crippen molar-refractivity contribution in [1.29, 1.82) is 0 Å². The van der Waals surface area contributed by atoms with Gasteiger partial charge in [-0.2, -0.15) is 5.10 Å². The normalized spacial score (nSPS) is 21.5. The molecule has 2 aliphatic rings. The van der Waals surface area contributed by atoms with Crippen LogP contribution in [0.15, 0.2) is 61.8 Å². The predicted molar refractivity (Wildman–Crippen MR) is 122 cm³/mol. The number of nitrogens with one attached hydrogen (secondary N) is 1. The van der Waals surface area contributed by atoms with E-state index in [0.29, 0.717) is 5.56 Å². The Kier molecular flexibility index (Phi) is 5.31. The summed E-state index contributed by atoms with van der Waals surface area (Å²) in [4.78, 5) is 15.8. The van der Waals surface area contributed by atoms with Gasteiger partial charge in [-0.15, -0.1) is 13.2 Å². The van der Waals surface area contributed by atoms with E-state index in [0.717, 1.165) is 44.5 Å². The van der Waals surface area contributed by atoms with E-state index >= 15 is 0 Å². The Hall–Kier alpha value is -2.82. The van der Waals surface area contributed by atoms with Crippen LogP contribution in [0.5, 0.6) is 0 Å². The first-order valence-corrected chi connectivity index (χ1v) is 10.9. The van der Waals surface area contributed by atoms with Gasteiger partial charge in [0, 0.05) is 6.54 Å². The predicted octanol–water partition coefficient (Wildman–Crippen LogP) is 5.30. The molecule has 3 heterocycles. The number of aromatic nitrogens is 2. The van der Waals surface area contributed by atoms with Crippen LogP contribution in [0.1, 0.15) is 67.9 Å². The SMILES string of the molecule is C=CCC1(CC=C)CCCN1C(=O)c1cnn2c1NC(c1ccccc1)CC2(C)C. The van der Waals surface area contributed by atoms with Crippen molar-refractivity contribution < 1.29 is 4.79 Å². The second-order valence-corrected chi connectivity index (χ2v) is 9.21. The number of carbonyl (C=O) groups excluding carboxylic acids is 1. The molecule has 1 amide bonds. The van der Waals surface area contributed by atoms with Crippen LogP contribution < -0.4 is 5.32 Å². The average molecular weight is 405 g/mol. The topological polar surface area (TPSA) is 50.2 Å². The second kappa shape index (κ2) is 7.78. The van der Waals surface area contributed by atoms with Crippen molar-refractivity contribution in [2.45, 2.75) is 63.1 Å². The number of anilines is 1. The Bertz CT molecular complexity index is 933. The Morgan fingerprint density at radius 1 is 1.23 bits per heavy atom. The summed E-state index contributed by atoms with van der Waals surface area (Å²) in [6, 6.07) is 10.6. The minimum atomic E-state index is -0.224. The van der Waals surface area contributed by atoms with E-state index in [4.69, 9.17) is 0 Å². The first-order valence-electron chi connectivity index (χ1n) is 10.9. The van der Waals surface area contributed by atoms with Gasteiger partial charge in [0.1, 0.15) is 11.4 Å². The van der Waals surface area contributed by atoms with Crippen molar-refractivity contribution >= 4 is 11.7 Å². The summed E-state index contributed by atoms with van der Waals surface area (Å²) in [7, 11) is 0. The minimum absolute atomic E-state index is 0.0504. The first-order chi connectivity index (χ1) is 14.4. The van der Waals surface area contributed by atoms with Crippen LogP contribution in [0.3, 0.4) is 0 Å². The molecule has 1 saturated heterocycles. The van der Waals surface area contributed by atoms with Crippen LogP contribution in [0.2, 0.25) is 0 Å². The van der Waals surface area contributed by atoms with E-state index in [9.17, 15) is 4.79 Å². The smallest absolute Gasteiger partial charge is 0.259 e. The molecule has 0 saturated carbocycles. The molecule has 1 N–H and O–H groups in total. The number of likely N-dealkylation sites (tertiary alicyclic amines) is 1. The van der Waals surface area contributed by atoms with Gasteiger partial charge in [-0.1, -0.05) is 42.5 Å². The summed E-state index contributed by atoms with van der Waals surface area (Å²) in [5.41, 5.74) is 1.47. The third kappa shape index (κ3) is 3.36. The number of amides is 1. The molecule has 2 aromatic rings. The number of benzene rings is 1. The van der Waals surface area contributed by atoms with E-state index in [2.05, 4.69) is 61.7 Å². The van der Waals surface area contributed by atoms with Crippen LogP contribution in [0.25, 0.3) is 0 Å². The molecule has 0 spiro atoms. The van der Waals surface area contributed by atoms with Crippen LogP contribution >= 0.6 is 0 Å². The highest BCUT2D eigenvalue weighted by molar-refractivity contribution is 5.99. The highest BCUT2D eigenvalue weighted by Gasteiger charge is 2.44. The van der Waals surface area contributed by atoms with Crippen molar-refractivity contribution in [3.8, 4) is 0 Å². The molecule has 1 aromatic heterocycles. The maximum Gasteiger partial charge on any atom is 0.259 e. The van der Waals surface area contributed by atoms with Gasteiger partial charge in [0.25, 0.3) is 5.91 Å². The van der Waals surface area contributed by atoms with Gasteiger partial charge in [0.2, 0.25) is 0 Å². The van der Waals surface area contributed by atoms with Gasteiger partial charge in [0.15, 0.2) is 0 Å². The molecular formula is C25H32N4O. The molecule has 5 nitrogen and oxygen atoms in total. The molecule has 1 fully saturated rings. The number of rotatable bonds is 6. The molecule has 158 valence electrons. The van der Waals surface area contributed by atoms with Gasteiger partial charge in [-0.05, 0) is 51.5 Å². The number of fused-ring (bicyclic) bond motifs is 1. The number of nitrogens with zero attached hydrogens (tertiary/aromatic N) is 3. The third-order valence-electron chi connectivity index (χ3n) is 6.68. The lowest BCUT2D eigenvalue weighted by Gasteiger charge is -2.40. The summed E-state index contributed by atoms with van der Waals surface area (Å²) >= 11 is 0. The number of hydrogen-bond donors (Lipinski definition) is 1. The first kappa shape index (κ1) is 20.5. The van der Waals surface area contributed by atoms with E-state index in [1.807, 2.05) is 27.8 Å². The zero-order valence-corrected chi connectivity index (χ0v) is 18.1. The van der Waals surface area contributed by atoms with Crippen molar-refractivity contribution in [2.75, 3.05) is 11.9 Å². The van der Waals surface area contributed by atoms with E-state index in [1.165, 1.54) is 5.56 Å². The van der Waals surface area contributed by atoms with Crippen molar-refractivity contribution in [3.05, 3.63) is 73.0 Å². The largest absolute Gasteiger partial charge is 0.363 e. The Morgan fingerprint density at radius 3 is 2.60 bits per heavy atom. The monoisotopic (exact) mass is 404 g/mol. The molecule has 30 heavy (non-hydrogen) atoms. The number of hydrogen-bond acceptors (Lipinski definition) is 3. The van der Waals surface area contributed by atoms with Crippen molar-refractivity contribution in [3.63, 3.8) is 0 Å². The molecule has 5 heteroatoms. The quantitative estimate of drug-likeness (QED) is 0.665. The highest BCUT2D eigenvalue weighted by Crippen LogP contribution is 2.42. The molecule has 1 atom stereocenters. The second-order valence-electron chi connectivity index (χ2n) is 9.21. The fourth-order valence-corrected chi connectivity index (χ4v) is 5.24. The maximum atomic E-state index is 13.8. The zero-order valence-electron chi connectivity index (χ0n) is 18.1. The maximum absolute atomic E-state index is 13.8. The molecule has 0 bridgehead atoms. The molecule has 0 radical (unpaired) electrons. The van der Waals surface area contributed by atoms with Crippen LogP contribution in [-0.4, -0.2) is 32.7 Å². The molecule has 2 aliphatic heterocycles. The van der Waals surface area contributed by atoms with Crippen molar-refractivity contribution in [2.24, 2.45) is 0 Å². The molecule has 0 aliphatic carbocycles. The van der Waals surface area contributed by atoms with Crippen molar-refractivity contribution in [1.82, 2.24) is 14.7 Å². The van der Waals surface area contributed by atoms with Crippen LogP contribution in [0, 0.1) is 0 Å². The Balaban J connectivity index is 1.70. The van der Waals surface area contributed by atoms with Gasteiger partial charge in [-0.25, -0.2) is 4.68 Å². The molecule has 1 unspecified atom stereocenters. The van der Waals surface area contributed by atoms with Gasteiger partial charge in [0.05, 0.1) is 23.3 Å². The highest BCUT2D eigenvalue weighted by atomic mass is 16.2. The summed E-state index contributed by atoms with van der Waals surface area (Å²) < 4.78 is 1.98. The van der Waals surface area contributed by atoms with E-state index in [1.54, 1.807) is 6.20 Å². The fraction of sp³-hybridized carbons (Fsp3) is 0.440. The summed E-state index contributed by atoms with van der Waals surface area (Å²) in [6.45, 7) is 13.0. The summed E-state index contributed by atoms with van der Waals surface area (Å²) in [5, 5.41) is 8.26. The lowest BCUT2D eigenvalue weighted by atomic mass is 9.87. The fourth-order valence-electron chi connectivity index (χ4n) is 5.24. The summed E-state index contributed by atoms with van der Waals surface area (Å²) in [6.07, 6.45) is 10.0. The van der Waals surface area contributed by atoms with Crippen LogP contribution in [0.4, 0.5) is 5.82 Å². The average Bonchev–Trinajstić information content (AvgIpc) is 3.33. The third-order valence-corrected chi connectivity index (χ3v) is 6.68. The lowest BCUT2D eigenvalue weighted by molar-refractivity contribution is 0.0602. The van der Waals surface area contributed by atoms with Gasteiger partial charge >= 0.3 is 0 Å². The molecule has 4 rings (SSSR count). The molecular weight excluding hydrogens is 372 g/mol.